The van der Waals surface area contributed by atoms with Gasteiger partial charge in [0.05, 0.1) is 22.4 Å². The molecule has 0 N–H and O–H groups in total. The van der Waals surface area contributed by atoms with E-state index in [9.17, 15) is 6.17 Å². The molecule has 3 rings (SSSR count). The third-order valence-electron chi connectivity index (χ3n) is 3.30. The van der Waals surface area contributed by atoms with E-state index in [1.165, 1.54) is 0 Å². The van der Waals surface area contributed by atoms with Gasteiger partial charge in [-0.1, -0.05) is 13.7 Å². The normalized spacial score (nSPS) is 50.2. The number of hydrogen-bond donors (Lipinski definition) is 0. The first kappa shape index (κ1) is 4.54. The Balaban J connectivity index is 2.50. The van der Waals surface area contributed by atoms with Gasteiger partial charge in [0.1, 0.15) is 5.78 Å². The Labute approximate surface area is 168 Å². The Bertz CT molecular complexity index is 1350. The van der Waals surface area contributed by atoms with Crippen LogP contribution in [0.4, 0.5) is 0 Å². The zero-order valence-electron chi connectivity index (χ0n) is 33.0. The van der Waals surface area contributed by atoms with E-state index in [1.54, 1.807) is 0 Å². The lowest BCUT2D eigenvalue weighted by Gasteiger charge is -2.43. The Morgan fingerprint density at radius 3 is 3.13 bits per heavy atom. The Hall–Kier alpha value is -1.55. The molecule has 2 aliphatic rings. The highest BCUT2D eigenvalue weighted by atomic mass is 16.5. The van der Waals surface area contributed by atoms with Crippen LogP contribution < -0.4 is 9.47 Å². The van der Waals surface area contributed by atoms with Crippen molar-refractivity contribution in [3.05, 3.63) is 23.2 Å². The van der Waals surface area contributed by atoms with Crippen molar-refractivity contribution in [2.75, 3.05) is 27.1 Å². The van der Waals surface area contributed by atoms with Gasteiger partial charge in [-0.25, -0.2) is 0 Å². The molecule has 2 heterocycles. The average Bonchev–Trinajstić information content (AvgIpc) is 2.75. The number of methoxy groups -OCH3 is 2. The number of carbonyl (C=O) groups excluding carboxylic acids is 1. The van der Waals surface area contributed by atoms with Gasteiger partial charge in [0, 0.05) is 51.9 Å². The van der Waals surface area contributed by atoms with E-state index in [0.29, 0.717) is 0 Å². The lowest BCUT2D eigenvalue weighted by molar-refractivity contribution is -0.129. The van der Waals surface area contributed by atoms with Crippen LogP contribution in [0.5, 0.6) is 11.5 Å². The highest BCUT2D eigenvalue weighted by Crippen LogP contribution is 2.42. The van der Waals surface area contributed by atoms with Crippen molar-refractivity contribution in [3.63, 3.8) is 0 Å². The second-order valence-electron chi connectivity index (χ2n) is 4.71. The minimum Gasteiger partial charge on any atom is -0.493 e. The number of ether oxygens (including phenoxy) is 2. The van der Waals surface area contributed by atoms with Gasteiger partial charge in [-0.2, -0.15) is 0 Å². The molecule has 0 bridgehead atoms. The molecule has 23 heavy (non-hydrogen) atoms. The molecule has 1 saturated heterocycles. The number of carbonyl (C=O) groups is 1. The summed E-state index contributed by atoms with van der Waals surface area (Å²) in [7, 11) is -2.43. The van der Waals surface area contributed by atoms with Crippen molar-refractivity contribution in [2.45, 2.75) is 38.9 Å². The molecular formula is C19H27NO3. The number of ketones is 1. The molecule has 0 spiro atoms. The summed E-state index contributed by atoms with van der Waals surface area (Å²) in [5, 5.41) is 0. The van der Waals surface area contributed by atoms with Crippen LogP contribution in [0.15, 0.2) is 12.1 Å². The van der Waals surface area contributed by atoms with E-state index >= 15 is 0 Å². The van der Waals surface area contributed by atoms with Crippen LogP contribution >= 0.6 is 0 Å². The van der Waals surface area contributed by atoms with E-state index in [-0.39, 0.29) is 4.90 Å². The average molecular weight is 339 g/mol. The van der Waals surface area contributed by atoms with Crippen LogP contribution in [0, 0.1) is 11.8 Å². The monoisotopic (exact) mass is 338 g/mol. The summed E-state index contributed by atoms with van der Waals surface area (Å²) in [5.74, 6) is -11.0. The zero-order valence-corrected chi connectivity index (χ0v) is 12.0. The molecule has 0 amide bonds. The quantitative estimate of drug-likeness (QED) is 0.845. The second-order valence-corrected chi connectivity index (χ2v) is 4.71. The lowest BCUT2D eigenvalue weighted by atomic mass is 9.80. The van der Waals surface area contributed by atoms with Gasteiger partial charge in [-0.3, -0.25) is 9.69 Å². The first-order valence-corrected chi connectivity index (χ1v) is 6.47. The lowest BCUT2D eigenvalue weighted by Crippen LogP contribution is -2.46. The molecular weight excluding hydrogens is 290 g/mol. The van der Waals surface area contributed by atoms with E-state index < -0.39 is 111 Å². The molecule has 1 fully saturated rings. The molecule has 0 aromatic heterocycles. The van der Waals surface area contributed by atoms with E-state index in [1.807, 2.05) is 0 Å². The summed E-state index contributed by atoms with van der Waals surface area (Å²) in [5.41, 5.74) is -2.22. The first-order valence-electron chi connectivity index (χ1n) is 17.0. The van der Waals surface area contributed by atoms with Crippen LogP contribution in [-0.4, -0.2) is 37.8 Å². The molecule has 2 aliphatic heterocycles. The fourth-order valence-corrected chi connectivity index (χ4v) is 2.29. The summed E-state index contributed by atoms with van der Waals surface area (Å²) in [6, 6.07) is -5.55. The molecule has 2 unspecified atom stereocenters. The van der Waals surface area contributed by atoms with Crippen LogP contribution in [0.25, 0.3) is 0 Å². The van der Waals surface area contributed by atoms with Crippen molar-refractivity contribution in [1.82, 2.24) is 4.90 Å². The predicted molar refractivity (Wildman–Crippen MR) is 90.1 cm³/mol. The topological polar surface area (TPSA) is 38.8 Å². The van der Waals surface area contributed by atoms with Crippen molar-refractivity contribution in [1.29, 1.82) is 0 Å². The minimum atomic E-state index is -4.21. The van der Waals surface area contributed by atoms with E-state index in [0.717, 1.165) is 7.11 Å². The van der Waals surface area contributed by atoms with Gasteiger partial charge >= 0.3 is 0 Å². The minimum absolute atomic E-state index is 0.278. The van der Waals surface area contributed by atoms with Crippen molar-refractivity contribution in [2.24, 2.45) is 11.8 Å². The summed E-state index contributed by atoms with van der Waals surface area (Å²) in [6.45, 7) is -15.9. The van der Waals surface area contributed by atoms with E-state index in [2.05, 4.69) is 0 Å². The number of piperidine rings is 1. The maximum absolute atomic E-state index is 13.7. The second kappa shape index (κ2) is 6.52. The molecule has 1 aromatic carbocycles. The molecule has 0 aliphatic carbocycles. The summed E-state index contributed by atoms with van der Waals surface area (Å²) < 4.78 is 182. The third kappa shape index (κ3) is 3.09. The molecule has 0 saturated carbocycles. The number of benzene rings is 1. The third-order valence-corrected chi connectivity index (χ3v) is 3.30. The Morgan fingerprint density at radius 2 is 2.39 bits per heavy atom. The van der Waals surface area contributed by atoms with Gasteiger partial charge < -0.3 is 9.47 Å². The highest BCUT2D eigenvalue weighted by molar-refractivity contribution is 5.83. The fourth-order valence-electron chi connectivity index (χ4n) is 2.29. The Morgan fingerprint density at radius 1 is 1.57 bits per heavy atom. The van der Waals surface area contributed by atoms with Crippen LogP contribution in [0.1, 0.15) is 72.4 Å². The number of fused-ring (bicyclic) bond motifs is 3. The molecule has 126 valence electrons. The number of Topliss-reactive ketones (excluding diaryl/α,β-unsaturated/α-hetero) is 1. The zero-order chi connectivity index (χ0) is 34.8. The van der Waals surface area contributed by atoms with Crippen molar-refractivity contribution < 1.29 is 43.1 Å². The SMILES string of the molecule is [2H]c1c(OC)c(OC([2H])([2H])[2H])c([2H])c2c1C1([2H])CC(=O)C(C([2H])([2H])C([2H])(C([2H])([2H])[2H])C([2H])([2H])[2H])C([2H])([2H])N1C([2H])([2H])C2([2H])[2H]. The molecule has 1 aromatic rings. The molecule has 4 nitrogen and oxygen atoms in total. The van der Waals surface area contributed by atoms with Gasteiger partial charge in [0.25, 0.3) is 0 Å². The van der Waals surface area contributed by atoms with Crippen LogP contribution in [0.2, 0.25) is 0 Å². The molecule has 2 atom stereocenters. The maximum atomic E-state index is 13.7. The largest absolute Gasteiger partial charge is 0.493 e. The number of nitrogens with zero attached hydrogens (tertiary/aromatic N) is 1. The predicted octanol–water partition coefficient (Wildman–Crippen LogP) is 3.24. The van der Waals surface area contributed by atoms with Gasteiger partial charge in [0.15, 0.2) is 11.5 Å². The van der Waals surface area contributed by atoms with Crippen LogP contribution in [-0.2, 0) is 11.2 Å². The number of hydrogen-bond acceptors (Lipinski definition) is 4. The first-order chi connectivity index (χ1) is 19.2. The summed E-state index contributed by atoms with van der Waals surface area (Å²) >= 11 is 0. The van der Waals surface area contributed by atoms with E-state index in [4.69, 9.17) is 36.9 Å². The smallest absolute Gasteiger partial charge is 0.161 e. The standard InChI is InChI=1S/C19H27NO3/c1-12(2)7-14-11-20-6-5-13-8-18(22-3)19(23-4)9-15(13)16(20)10-17(14)21/h8-9,12,14,16H,5-7,10-11H2,1-4H3/i1D3,2D3,3D3,5D2,6D2,7D2,8D,9D,11D2,12D,16D. The van der Waals surface area contributed by atoms with Gasteiger partial charge in [-0.15, -0.1) is 0 Å². The summed E-state index contributed by atoms with van der Waals surface area (Å²) in [6.07, 6.45) is -9.35. The highest BCUT2D eigenvalue weighted by Gasteiger charge is 2.38. The molecule has 4 heteroatoms. The number of rotatable bonds is 4. The van der Waals surface area contributed by atoms with Gasteiger partial charge in [0.2, 0.25) is 0 Å². The Kier molecular flexibility index (Phi) is 1.29. The summed E-state index contributed by atoms with van der Waals surface area (Å²) in [4.78, 5) is 13.4. The van der Waals surface area contributed by atoms with Crippen molar-refractivity contribution >= 4 is 5.78 Å². The van der Waals surface area contributed by atoms with Crippen LogP contribution in [0.3, 0.4) is 0 Å². The van der Waals surface area contributed by atoms with Crippen molar-refractivity contribution in [3.8, 4) is 11.5 Å². The fraction of sp³-hybridized carbons (Fsp3) is 0.632. The maximum Gasteiger partial charge on any atom is 0.161 e. The van der Waals surface area contributed by atoms with Gasteiger partial charge in [-0.05, 0) is 41.9 Å². The molecule has 0 radical (unpaired) electrons.